The number of sulfonamides is 1. The van der Waals surface area contributed by atoms with Gasteiger partial charge in [-0.3, -0.25) is 4.72 Å². The van der Waals surface area contributed by atoms with Crippen LogP contribution < -0.4 is 4.72 Å². The fourth-order valence-corrected chi connectivity index (χ4v) is 3.76. The Morgan fingerprint density at radius 1 is 1.08 bits per heavy atom. The minimum Gasteiger partial charge on any atom is -0.277 e. The Kier molecular flexibility index (Phi) is 5.03. The van der Waals surface area contributed by atoms with Crippen LogP contribution >= 0.6 is 23.2 Å². The molecule has 0 atom stereocenters. The molecule has 0 heterocycles. The summed E-state index contributed by atoms with van der Waals surface area (Å²) in [4.78, 5) is -0.428. The Morgan fingerprint density at radius 2 is 1.71 bits per heavy atom. The van der Waals surface area contributed by atoms with Crippen LogP contribution in [0.15, 0.2) is 35.2 Å². The highest BCUT2D eigenvalue weighted by Gasteiger charge is 2.35. The van der Waals surface area contributed by atoms with Crippen molar-refractivity contribution < 1.29 is 26.0 Å². The lowest BCUT2D eigenvalue weighted by Gasteiger charge is -2.14. The van der Waals surface area contributed by atoms with Gasteiger partial charge in [0.25, 0.3) is 10.0 Å². The molecule has 1 N–H and O–H groups in total. The van der Waals surface area contributed by atoms with Crippen molar-refractivity contribution in [2.75, 3.05) is 4.72 Å². The van der Waals surface area contributed by atoms with E-state index in [4.69, 9.17) is 23.2 Å². The number of rotatable bonds is 3. The van der Waals surface area contributed by atoms with Gasteiger partial charge in [-0.25, -0.2) is 12.8 Å². The zero-order chi connectivity index (χ0) is 18.3. The summed E-state index contributed by atoms with van der Waals surface area (Å²) in [7, 11) is -4.42. The van der Waals surface area contributed by atoms with Gasteiger partial charge in [0.2, 0.25) is 0 Å². The summed E-state index contributed by atoms with van der Waals surface area (Å²) in [5.74, 6) is -1.73. The molecule has 0 radical (unpaired) electrons. The number of hydrogen-bond donors (Lipinski definition) is 1. The van der Waals surface area contributed by atoms with Crippen molar-refractivity contribution in [1.82, 2.24) is 0 Å². The molecule has 0 saturated carbocycles. The van der Waals surface area contributed by atoms with Crippen molar-refractivity contribution in [3.8, 4) is 0 Å². The maximum Gasteiger partial charge on any atom is 0.419 e. The molecule has 130 valence electrons. The van der Waals surface area contributed by atoms with Gasteiger partial charge in [0.15, 0.2) is 5.82 Å². The van der Waals surface area contributed by atoms with Gasteiger partial charge < -0.3 is 0 Å². The molecule has 0 spiro atoms. The van der Waals surface area contributed by atoms with E-state index in [1.54, 1.807) is 4.72 Å². The first-order chi connectivity index (χ1) is 10.9. The number of nitrogens with one attached hydrogen (secondary N) is 1. The molecule has 24 heavy (non-hydrogen) atoms. The lowest BCUT2D eigenvalue weighted by Crippen LogP contribution is -2.17. The molecular weight excluding hydrogens is 393 g/mol. The van der Waals surface area contributed by atoms with E-state index >= 15 is 0 Å². The number of halogens is 6. The summed E-state index contributed by atoms with van der Waals surface area (Å²) in [5, 5.41) is -0.0327. The molecule has 0 aliphatic heterocycles. The second kappa shape index (κ2) is 6.42. The van der Waals surface area contributed by atoms with E-state index in [1.807, 2.05) is 0 Å². The standard InChI is InChI=1S/C14H9Cl2F4NO2S/c1-7-5-12(10(16)6-9(7)15)24(22,23)21-11-4-2-3-8(13(11)17)14(18,19)20/h2-6,21H,1H3. The summed E-state index contributed by atoms with van der Waals surface area (Å²) in [6.45, 7) is 1.52. The van der Waals surface area contributed by atoms with E-state index in [1.165, 1.54) is 13.0 Å². The van der Waals surface area contributed by atoms with E-state index in [-0.39, 0.29) is 10.0 Å². The molecule has 0 amide bonds. The van der Waals surface area contributed by atoms with Crippen molar-refractivity contribution in [3.05, 3.63) is 57.3 Å². The van der Waals surface area contributed by atoms with E-state index in [0.717, 1.165) is 18.2 Å². The third-order valence-electron chi connectivity index (χ3n) is 3.05. The van der Waals surface area contributed by atoms with Crippen LogP contribution in [0, 0.1) is 12.7 Å². The number of alkyl halides is 3. The van der Waals surface area contributed by atoms with Crippen LogP contribution in [0.4, 0.5) is 23.2 Å². The van der Waals surface area contributed by atoms with Gasteiger partial charge in [0, 0.05) is 5.02 Å². The minimum atomic E-state index is -4.96. The SMILES string of the molecule is Cc1cc(S(=O)(=O)Nc2cccc(C(F)(F)F)c2F)c(Cl)cc1Cl. The minimum absolute atomic E-state index is 0.212. The molecule has 0 saturated heterocycles. The van der Waals surface area contributed by atoms with Gasteiger partial charge in [0.05, 0.1) is 16.3 Å². The lowest BCUT2D eigenvalue weighted by atomic mass is 10.2. The molecule has 0 unspecified atom stereocenters. The van der Waals surface area contributed by atoms with E-state index in [9.17, 15) is 26.0 Å². The highest BCUT2D eigenvalue weighted by atomic mass is 35.5. The van der Waals surface area contributed by atoms with Crippen LogP contribution in [0.1, 0.15) is 11.1 Å². The molecule has 0 aromatic heterocycles. The molecular formula is C14H9Cl2F4NO2S. The zero-order valence-corrected chi connectivity index (χ0v) is 14.2. The zero-order valence-electron chi connectivity index (χ0n) is 11.9. The summed E-state index contributed by atoms with van der Waals surface area (Å²) < 4.78 is 78.4. The lowest BCUT2D eigenvalue weighted by molar-refractivity contribution is -0.139. The van der Waals surface area contributed by atoms with Crippen LogP contribution in [0.25, 0.3) is 0 Å². The van der Waals surface area contributed by atoms with Crippen molar-refractivity contribution in [3.63, 3.8) is 0 Å². The molecule has 2 rings (SSSR count). The first-order valence-electron chi connectivity index (χ1n) is 6.27. The summed E-state index contributed by atoms with van der Waals surface area (Å²) in [6, 6.07) is 4.58. The third kappa shape index (κ3) is 3.76. The highest BCUT2D eigenvalue weighted by Crippen LogP contribution is 2.35. The Morgan fingerprint density at radius 3 is 2.29 bits per heavy atom. The van der Waals surface area contributed by atoms with Crippen LogP contribution in [-0.4, -0.2) is 8.42 Å². The molecule has 0 fully saturated rings. The predicted molar refractivity (Wildman–Crippen MR) is 83.4 cm³/mol. The summed E-state index contributed by atoms with van der Waals surface area (Å²) in [6.07, 6.45) is -4.96. The monoisotopic (exact) mass is 401 g/mol. The van der Waals surface area contributed by atoms with Gasteiger partial charge in [-0.05, 0) is 36.8 Å². The molecule has 0 aliphatic rings. The second-order valence-corrected chi connectivity index (χ2v) is 7.27. The number of hydrogen-bond acceptors (Lipinski definition) is 2. The van der Waals surface area contributed by atoms with Crippen molar-refractivity contribution in [2.24, 2.45) is 0 Å². The Balaban J connectivity index is 2.50. The smallest absolute Gasteiger partial charge is 0.277 e. The van der Waals surface area contributed by atoms with E-state index in [2.05, 4.69) is 0 Å². The largest absolute Gasteiger partial charge is 0.419 e. The second-order valence-electron chi connectivity index (χ2n) is 4.80. The van der Waals surface area contributed by atoms with Gasteiger partial charge >= 0.3 is 6.18 Å². The quantitative estimate of drug-likeness (QED) is 0.712. The van der Waals surface area contributed by atoms with Crippen LogP contribution in [0.3, 0.4) is 0 Å². The van der Waals surface area contributed by atoms with Gasteiger partial charge in [0.1, 0.15) is 4.90 Å². The van der Waals surface area contributed by atoms with Gasteiger partial charge in [-0.1, -0.05) is 29.3 Å². The molecule has 10 heteroatoms. The Labute approximate surface area is 145 Å². The first-order valence-corrected chi connectivity index (χ1v) is 8.51. The van der Waals surface area contributed by atoms with Crippen molar-refractivity contribution in [1.29, 1.82) is 0 Å². The van der Waals surface area contributed by atoms with E-state index < -0.39 is 38.2 Å². The molecule has 2 aromatic rings. The van der Waals surface area contributed by atoms with Crippen LogP contribution in [-0.2, 0) is 16.2 Å². The number of benzene rings is 2. The molecule has 0 bridgehead atoms. The fourth-order valence-electron chi connectivity index (χ4n) is 1.87. The van der Waals surface area contributed by atoms with Crippen molar-refractivity contribution in [2.45, 2.75) is 18.0 Å². The van der Waals surface area contributed by atoms with Gasteiger partial charge in [-0.15, -0.1) is 0 Å². The summed E-state index contributed by atoms with van der Waals surface area (Å²) >= 11 is 11.6. The maximum absolute atomic E-state index is 14.0. The average Bonchev–Trinajstić information content (AvgIpc) is 2.43. The van der Waals surface area contributed by atoms with Crippen LogP contribution in [0.5, 0.6) is 0 Å². The molecule has 2 aromatic carbocycles. The third-order valence-corrected chi connectivity index (χ3v) is 5.29. The Bertz CT molecular complexity index is 898. The first kappa shape index (κ1) is 18.8. The van der Waals surface area contributed by atoms with Crippen molar-refractivity contribution >= 4 is 38.9 Å². The predicted octanol–water partition coefficient (Wildman–Crippen LogP) is 5.26. The molecule has 3 nitrogen and oxygen atoms in total. The highest BCUT2D eigenvalue weighted by molar-refractivity contribution is 7.92. The number of anilines is 1. The normalized spacial score (nSPS) is 12.3. The summed E-state index contributed by atoms with van der Waals surface area (Å²) in [5.41, 5.74) is -2.04. The Hall–Kier alpha value is -1.51. The average molecular weight is 402 g/mol. The topological polar surface area (TPSA) is 46.2 Å². The maximum atomic E-state index is 14.0. The molecule has 0 aliphatic carbocycles. The van der Waals surface area contributed by atoms with Gasteiger partial charge in [-0.2, -0.15) is 13.2 Å². The fraction of sp³-hybridized carbons (Fsp3) is 0.143. The van der Waals surface area contributed by atoms with Crippen LogP contribution in [0.2, 0.25) is 10.0 Å². The number of aryl methyl sites for hydroxylation is 1. The van der Waals surface area contributed by atoms with E-state index in [0.29, 0.717) is 11.6 Å².